The van der Waals surface area contributed by atoms with E-state index < -0.39 is 5.97 Å². The Morgan fingerprint density at radius 2 is 2.00 bits per heavy atom. The molecule has 3 aromatic rings. The molecule has 0 bridgehead atoms. The first kappa shape index (κ1) is 19.4. The van der Waals surface area contributed by atoms with Crippen molar-refractivity contribution in [1.29, 1.82) is 0 Å². The minimum absolute atomic E-state index is 0.231. The number of anilines is 1. The maximum atomic E-state index is 12.2. The number of carbonyl (C=O) groups is 2. The Morgan fingerprint density at radius 3 is 2.70 bits per heavy atom. The van der Waals surface area contributed by atoms with Gasteiger partial charge in [-0.25, -0.2) is 9.78 Å². The number of fused-ring (bicyclic) bond motifs is 1. The van der Waals surface area contributed by atoms with Crippen molar-refractivity contribution in [2.45, 2.75) is 6.92 Å². The fourth-order valence-corrected chi connectivity index (χ4v) is 3.96. The van der Waals surface area contributed by atoms with Gasteiger partial charge in [-0.1, -0.05) is 34.5 Å². The number of rotatable bonds is 5. The van der Waals surface area contributed by atoms with Crippen molar-refractivity contribution in [3.63, 3.8) is 0 Å². The number of hydrogen-bond acceptors (Lipinski definition) is 6. The Hall–Kier alpha value is -2.35. The molecule has 1 N–H and O–H groups in total. The van der Waals surface area contributed by atoms with Crippen molar-refractivity contribution in [2.75, 3.05) is 19.0 Å². The van der Waals surface area contributed by atoms with Gasteiger partial charge in [0, 0.05) is 5.02 Å². The highest BCUT2D eigenvalue weighted by atomic mass is 35.5. The highest BCUT2D eigenvalue weighted by molar-refractivity contribution is 7.22. The molecule has 2 aromatic carbocycles. The van der Waals surface area contributed by atoms with Crippen LogP contribution in [0.15, 0.2) is 30.3 Å². The molecule has 1 amide bonds. The van der Waals surface area contributed by atoms with E-state index in [1.165, 1.54) is 18.4 Å². The normalized spacial score (nSPS) is 10.7. The van der Waals surface area contributed by atoms with Gasteiger partial charge in [0.05, 0.1) is 27.9 Å². The lowest BCUT2D eigenvalue weighted by atomic mass is 10.2. The largest absolute Gasteiger partial charge is 0.482 e. The predicted octanol–water partition coefficient (Wildman–Crippen LogP) is 4.72. The van der Waals surface area contributed by atoms with Crippen molar-refractivity contribution in [3.05, 3.63) is 51.5 Å². The number of hydrogen-bond donors (Lipinski definition) is 1. The van der Waals surface area contributed by atoms with Crippen molar-refractivity contribution >= 4 is 61.8 Å². The maximum Gasteiger partial charge on any atom is 0.337 e. The first-order valence-electron chi connectivity index (χ1n) is 7.74. The number of nitrogens with zero attached hydrogens (tertiary/aromatic N) is 1. The molecule has 0 saturated carbocycles. The van der Waals surface area contributed by atoms with Crippen LogP contribution in [0.4, 0.5) is 5.13 Å². The lowest BCUT2D eigenvalue weighted by Gasteiger charge is -2.10. The van der Waals surface area contributed by atoms with E-state index in [0.717, 1.165) is 10.3 Å². The predicted molar refractivity (Wildman–Crippen MR) is 106 cm³/mol. The third-order valence-corrected chi connectivity index (χ3v) is 5.03. The highest BCUT2D eigenvalue weighted by Gasteiger charge is 2.13. The average Bonchev–Trinajstić information content (AvgIpc) is 3.01. The molecule has 0 aliphatic heterocycles. The minimum atomic E-state index is -0.431. The maximum absolute atomic E-state index is 12.2. The van der Waals surface area contributed by atoms with E-state index in [4.69, 9.17) is 32.7 Å². The lowest BCUT2D eigenvalue weighted by Crippen LogP contribution is -2.20. The zero-order valence-electron chi connectivity index (χ0n) is 14.3. The van der Waals surface area contributed by atoms with Crippen LogP contribution in [0.3, 0.4) is 0 Å². The molecule has 0 aliphatic rings. The van der Waals surface area contributed by atoms with Gasteiger partial charge in [0.2, 0.25) is 0 Å². The molecular formula is C18H14Cl2N2O4S. The summed E-state index contributed by atoms with van der Waals surface area (Å²) >= 11 is 13.3. The number of methoxy groups -OCH3 is 1. The van der Waals surface area contributed by atoms with Crippen LogP contribution in [0.1, 0.15) is 15.9 Å². The summed E-state index contributed by atoms with van der Waals surface area (Å²) in [7, 11) is 1.32. The molecule has 3 rings (SSSR count). The molecule has 0 saturated heterocycles. The molecule has 0 radical (unpaired) electrons. The zero-order valence-corrected chi connectivity index (χ0v) is 16.7. The van der Waals surface area contributed by atoms with Gasteiger partial charge in [0.15, 0.2) is 11.7 Å². The molecule has 0 fully saturated rings. The fourth-order valence-electron chi connectivity index (χ4n) is 2.39. The Labute approximate surface area is 169 Å². The smallest absolute Gasteiger partial charge is 0.337 e. The summed E-state index contributed by atoms with van der Waals surface area (Å²) in [6.45, 7) is 1.56. The monoisotopic (exact) mass is 424 g/mol. The van der Waals surface area contributed by atoms with Gasteiger partial charge < -0.3 is 9.47 Å². The summed E-state index contributed by atoms with van der Waals surface area (Å²) in [6.07, 6.45) is 0. The molecule has 1 aromatic heterocycles. The van der Waals surface area contributed by atoms with E-state index in [1.807, 2.05) is 0 Å². The van der Waals surface area contributed by atoms with Gasteiger partial charge in [-0.3, -0.25) is 10.1 Å². The topological polar surface area (TPSA) is 77.5 Å². The van der Waals surface area contributed by atoms with E-state index in [9.17, 15) is 9.59 Å². The number of aryl methyl sites for hydroxylation is 1. The van der Waals surface area contributed by atoms with Crippen LogP contribution in [0.2, 0.25) is 10.0 Å². The number of aromatic nitrogens is 1. The van der Waals surface area contributed by atoms with E-state index in [2.05, 4.69) is 10.3 Å². The van der Waals surface area contributed by atoms with E-state index >= 15 is 0 Å². The summed E-state index contributed by atoms with van der Waals surface area (Å²) in [5.74, 6) is -0.407. The van der Waals surface area contributed by atoms with Crippen molar-refractivity contribution in [3.8, 4) is 5.75 Å². The van der Waals surface area contributed by atoms with E-state index in [1.54, 1.807) is 37.3 Å². The second kappa shape index (κ2) is 8.12. The summed E-state index contributed by atoms with van der Waals surface area (Å²) in [4.78, 5) is 28.1. The minimum Gasteiger partial charge on any atom is -0.482 e. The number of amides is 1. The summed E-state index contributed by atoms with van der Waals surface area (Å²) in [5.41, 5.74) is 1.82. The highest BCUT2D eigenvalue weighted by Crippen LogP contribution is 2.32. The zero-order chi connectivity index (χ0) is 19.6. The number of benzene rings is 2. The Morgan fingerprint density at radius 1 is 1.22 bits per heavy atom. The molecule has 0 spiro atoms. The number of carbonyl (C=O) groups excluding carboxylic acids is 2. The number of esters is 1. The molecule has 0 unspecified atom stereocenters. The number of thiazole rings is 1. The van der Waals surface area contributed by atoms with Crippen molar-refractivity contribution in [2.24, 2.45) is 0 Å². The van der Waals surface area contributed by atoms with Crippen LogP contribution < -0.4 is 10.1 Å². The molecule has 6 nitrogen and oxygen atoms in total. The van der Waals surface area contributed by atoms with Crippen molar-refractivity contribution in [1.82, 2.24) is 4.98 Å². The average molecular weight is 425 g/mol. The lowest BCUT2D eigenvalue weighted by molar-refractivity contribution is -0.118. The summed E-state index contributed by atoms with van der Waals surface area (Å²) < 4.78 is 11.0. The Kier molecular flexibility index (Phi) is 5.84. The second-order valence-corrected chi connectivity index (χ2v) is 7.44. The third kappa shape index (κ3) is 4.50. The van der Waals surface area contributed by atoms with Gasteiger partial charge in [-0.2, -0.15) is 0 Å². The summed E-state index contributed by atoms with van der Waals surface area (Å²) in [5, 5.41) is 3.91. The number of halogens is 2. The quantitative estimate of drug-likeness (QED) is 0.599. The molecule has 140 valence electrons. The molecule has 1 heterocycles. The van der Waals surface area contributed by atoms with Gasteiger partial charge in [-0.05, 0) is 42.8 Å². The molecular weight excluding hydrogens is 411 g/mol. The third-order valence-electron chi connectivity index (χ3n) is 3.60. The van der Waals surface area contributed by atoms with Gasteiger partial charge in [-0.15, -0.1) is 0 Å². The van der Waals surface area contributed by atoms with E-state index in [0.29, 0.717) is 32.0 Å². The van der Waals surface area contributed by atoms with Crippen LogP contribution in [0, 0.1) is 6.92 Å². The SMILES string of the molecule is COC(=O)c1ccc2nc(NC(=O)COc3c(C)cc(Cl)cc3Cl)sc2c1. The second-order valence-electron chi connectivity index (χ2n) is 5.56. The number of nitrogens with one attached hydrogen (secondary N) is 1. The number of ether oxygens (including phenoxy) is 2. The standard InChI is InChI=1S/C18H14Cl2N2O4S/c1-9-5-11(19)7-12(20)16(9)26-8-15(23)22-18-21-13-4-3-10(17(24)25-2)6-14(13)27-18/h3-7H,8H2,1-2H3,(H,21,22,23). The van der Waals surface area contributed by atoms with Gasteiger partial charge in [0.25, 0.3) is 5.91 Å². The first-order valence-corrected chi connectivity index (χ1v) is 9.32. The van der Waals surface area contributed by atoms with Crippen LogP contribution in [-0.2, 0) is 9.53 Å². The van der Waals surface area contributed by atoms with Gasteiger partial charge >= 0.3 is 5.97 Å². The van der Waals surface area contributed by atoms with Crippen LogP contribution in [0.25, 0.3) is 10.2 Å². The molecule has 0 aliphatic carbocycles. The molecule has 27 heavy (non-hydrogen) atoms. The Balaban J connectivity index is 1.68. The summed E-state index contributed by atoms with van der Waals surface area (Å²) in [6, 6.07) is 8.24. The van der Waals surface area contributed by atoms with E-state index in [-0.39, 0.29) is 12.5 Å². The van der Waals surface area contributed by atoms with Crippen molar-refractivity contribution < 1.29 is 19.1 Å². The molecule has 0 atom stereocenters. The van der Waals surface area contributed by atoms with Crippen LogP contribution in [0.5, 0.6) is 5.75 Å². The Bertz CT molecular complexity index is 1010. The fraction of sp³-hybridized carbons (Fsp3) is 0.167. The van der Waals surface area contributed by atoms with Crippen LogP contribution >= 0.6 is 34.5 Å². The van der Waals surface area contributed by atoms with Crippen LogP contribution in [-0.4, -0.2) is 30.6 Å². The van der Waals surface area contributed by atoms with Gasteiger partial charge in [0.1, 0.15) is 5.75 Å². The molecule has 9 heteroatoms. The first-order chi connectivity index (χ1) is 12.9.